The molecule has 1 aromatic carbocycles. The molecule has 7 nitrogen and oxygen atoms in total. The van der Waals surface area contributed by atoms with Crippen molar-refractivity contribution in [2.75, 3.05) is 11.9 Å². The van der Waals surface area contributed by atoms with Crippen molar-refractivity contribution < 1.29 is 24.2 Å². The third-order valence-corrected chi connectivity index (χ3v) is 4.10. The summed E-state index contributed by atoms with van der Waals surface area (Å²) >= 11 is 0. The van der Waals surface area contributed by atoms with Gasteiger partial charge in [-0.15, -0.1) is 0 Å². The summed E-state index contributed by atoms with van der Waals surface area (Å²) in [5.74, 6) is -1.30. The largest absolute Gasteiger partial charge is 0.482 e. The second-order valence-electron chi connectivity index (χ2n) is 5.60. The minimum absolute atomic E-state index is 0.100. The topological polar surface area (TPSA) is 105 Å². The maximum atomic E-state index is 12.3. The molecule has 0 bridgehead atoms. The van der Waals surface area contributed by atoms with Crippen molar-refractivity contribution in [3.05, 3.63) is 23.8 Å². The van der Waals surface area contributed by atoms with Gasteiger partial charge in [-0.25, -0.2) is 4.79 Å². The molecule has 0 aromatic heterocycles. The van der Waals surface area contributed by atoms with Crippen LogP contribution in [0.2, 0.25) is 0 Å². The van der Waals surface area contributed by atoms with E-state index in [1.807, 2.05) is 0 Å². The highest BCUT2D eigenvalue weighted by Gasteiger charge is 2.42. The summed E-state index contributed by atoms with van der Waals surface area (Å²) in [7, 11) is 0. The number of hydrogen-bond acceptors (Lipinski definition) is 4. The zero-order chi connectivity index (χ0) is 15.7. The molecule has 0 atom stereocenters. The number of carboxylic acids is 1. The van der Waals surface area contributed by atoms with E-state index in [9.17, 15) is 19.5 Å². The van der Waals surface area contributed by atoms with Crippen molar-refractivity contribution >= 4 is 23.5 Å². The van der Waals surface area contributed by atoms with Crippen molar-refractivity contribution in [2.45, 2.75) is 31.2 Å². The first-order chi connectivity index (χ1) is 10.5. The fourth-order valence-electron chi connectivity index (χ4n) is 2.88. The molecule has 0 unspecified atom stereocenters. The number of carbonyl (C=O) groups is 3. The van der Waals surface area contributed by atoms with Gasteiger partial charge in [-0.3, -0.25) is 9.59 Å². The molecule has 3 N–H and O–H groups in total. The number of carbonyl (C=O) groups excluding carboxylic acids is 2. The highest BCUT2D eigenvalue weighted by molar-refractivity contribution is 6.00. The minimum atomic E-state index is -1.18. The molecule has 2 amide bonds. The molecule has 1 heterocycles. The maximum absolute atomic E-state index is 12.3. The molecular formula is C15H16N2O5. The third-order valence-electron chi connectivity index (χ3n) is 4.10. The Balaban J connectivity index is 1.81. The second kappa shape index (κ2) is 5.32. The first-order valence-electron chi connectivity index (χ1n) is 7.13. The highest BCUT2D eigenvalue weighted by atomic mass is 16.5. The van der Waals surface area contributed by atoms with Gasteiger partial charge < -0.3 is 20.5 Å². The molecule has 1 aliphatic heterocycles. The number of amides is 2. The third kappa shape index (κ3) is 2.49. The van der Waals surface area contributed by atoms with Crippen LogP contribution < -0.4 is 15.4 Å². The van der Waals surface area contributed by atoms with Crippen LogP contribution in [0.3, 0.4) is 0 Å². The lowest BCUT2D eigenvalue weighted by Crippen LogP contribution is -2.52. The van der Waals surface area contributed by atoms with Gasteiger partial charge in [-0.2, -0.15) is 0 Å². The molecule has 22 heavy (non-hydrogen) atoms. The quantitative estimate of drug-likeness (QED) is 0.777. The van der Waals surface area contributed by atoms with Gasteiger partial charge in [0.1, 0.15) is 11.3 Å². The van der Waals surface area contributed by atoms with Crippen molar-refractivity contribution in [3.8, 4) is 5.75 Å². The lowest BCUT2D eigenvalue weighted by molar-refractivity contribution is -0.144. The molecule has 0 radical (unpaired) electrons. The molecule has 1 aromatic rings. The molecular weight excluding hydrogens is 288 g/mol. The smallest absolute Gasteiger partial charge is 0.329 e. The molecule has 0 saturated heterocycles. The summed E-state index contributed by atoms with van der Waals surface area (Å²) in [6.45, 7) is -0.100. The summed E-state index contributed by atoms with van der Waals surface area (Å²) < 4.78 is 5.26. The van der Waals surface area contributed by atoms with Crippen molar-refractivity contribution in [2.24, 2.45) is 0 Å². The summed E-state index contributed by atoms with van der Waals surface area (Å²) in [5.41, 5.74) is -0.369. The fourth-order valence-corrected chi connectivity index (χ4v) is 2.88. The van der Waals surface area contributed by atoms with E-state index in [4.69, 9.17) is 4.74 Å². The Morgan fingerprint density at radius 1 is 1.27 bits per heavy atom. The van der Waals surface area contributed by atoms with E-state index in [1.165, 1.54) is 12.1 Å². The van der Waals surface area contributed by atoms with Gasteiger partial charge in [0.2, 0.25) is 0 Å². The van der Waals surface area contributed by atoms with Crippen molar-refractivity contribution in [1.82, 2.24) is 5.32 Å². The highest BCUT2D eigenvalue weighted by Crippen LogP contribution is 2.32. The number of ether oxygens (including phenoxy) is 1. The fraction of sp³-hybridized carbons (Fsp3) is 0.400. The Bertz CT molecular complexity index is 649. The van der Waals surface area contributed by atoms with Crippen LogP contribution >= 0.6 is 0 Å². The van der Waals surface area contributed by atoms with E-state index in [0.717, 1.165) is 12.8 Å². The Kier molecular flexibility index (Phi) is 3.48. The van der Waals surface area contributed by atoms with Crippen LogP contribution in [0.15, 0.2) is 18.2 Å². The number of aliphatic carboxylic acids is 1. The number of benzene rings is 1. The molecule has 0 spiro atoms. The van der Waals surface area contributed by atoms with Gasteiger partial charge in [-0.1, -0.05) is 12.8 Å². The van der Waals surface area contributed by atoms with Crippen LogP contribution in [-0.4, -0.2) is 35.0 Å². The number of nitrogens with one attached hydrogen (secondary N) is 2. The Hall–Kier alpha value is -2.57. The predicted octanol–water partition coefficient (Wildman–Crippen LogP) is 1.14. The number of hydrogen-bond donors (Lipinski definition) is 3. The summed E-state index contributed by atoms with van der Waals surface area (Å²) in [6, 6.07) is 4.62. The minimum Gasteiger partial charge on any atom is -0.482 e. The summed E-state index contributed by atoms with van der Waals surface area (Å²) in [4.78, 5) is 35.0. The van der Waals surface area contributed by atoms with E-state index in [-0.39, 0.29) is 12.5 Å². The van der Waals surface area contributed by atoms with Gasteiger partial charge >= 0.3 is 5.97 Å². The van der Waals surface area contributed by atoms with Crippen LogP contribution in [-0.2, 0) is 9.59 Å². The second-order valence-corrected chi connectivity index (χ2v) is 5.60. The summed E-state index contributed by atoms with van der Waals surface area (Å²) in [5, 5.41) is 14.7. The van der Waals surface area contributed by atoms with E-state index < -0.39 is 17.4 Å². The number of rotatable bonds is 3. The Morgan fingerprint density at radius 3 is 2.68 bits per heavy atom. The van der Waals surface area contributed by atoms with Gasteiger partial charge in [-0.05, 0) is 31.0 Å². The normalized spacial score (nSPS) is 18.8. The van der Waals surface area contributed by atoms with Gasteiger partial charge in [0.05, 0.1) is 5.69 Å². The lowest BCUT2D eigenvalue weighted by atomic mass is 9.97. The van der Waals surface area contributed by atoms with E-state index in [2.05, 4.69) is 10.6 Å². The monoisotopic (exact) mass is 304 g/mol. The van der Waals surface area contributed by atoms with E-state index in [1.54, 1.807) is 6.07 Å². The average molecular weight is 304 g/mol. The van der Waals surface area contributed by atoms with Crippen LogP contribution in [0.4, 0.5) is 5.69 Å². The Labute approximate surface area is 126 Å². The molecule has 1 fully saturated rings. The SMILES string of the molecule is O=C1COc2cc(C(=O)NC3(C(=O)O)CCCC3)ccc2N1. The van der Waals surface area contributed by atoms with Crippen LogP contribution in [0.25, 0.3) is 0 Å². The summed E-state index contributed by atoms with van der Waals surface area (Å²) in [6.07, 6.45) is 2.44. The zero-order valence-corrected chi connectivity index (χ0v) is 11.8. The average Bonchev–Trinajstić information content (AvgIpc) is 2.96. The molecule has 3 rings (SSSR count). The first-order valence-corrected chi connectivity index (χ1v) is 7.13. The number of anilines is 1. The maximum Gasteiger partial charge on any atom is 0.329 e. The van der Waals surface area contributed by atoms with Crippen molar-refractivity contribution in [1.29, 1.82) is 0 Å². The van der Waals surface area contributed by atoms with E-state index >= 15 is 0 Å². The zero-order valence-electron chi connectivity index (χ0n) is 11.8. The van der Waals surface area contributed by atoms with Gasteiger partial charge in [0, 0.05) is 5.56 Å². The van der Waals surface area contributed by atoms with Crippen LogP contribution in [0, 0.1) is 0 Å². The number of carboxylic acid groups (broad SMARTS) is 1. The number of fused-ring (bicyclic) bond motifs is 1. The molecule has 2 aliphatic rings. The van der Waals surface area contributed by atoms with E-state index in [0.29, 0.717) is 29.8 Å². The standard InChI is InChI=1S/C15H16N2O5/c18-12-8-22-11-7-9(3-4-10(11)16-12)13(19)17-15(14(20)21)5-1-2-6-15/h3-4,7H,1-2,5-6,8H2,(H,16,18)(H,17,19)(H,20,21). The molecule has 116 valence electrons. The predicted molar refractivity (Wildman–Crippen MR) is 76.9 cm³/mol. The molecule has 7 heteroatoms. The Morgan fingerprint density at radius 2 is 2.00 bits per heavy atom. The van der Waals surface area contributed by atoms with Gasteiger partial charge in [0.15, 0.2) is 6.61 Å². The van der Waals surface area contributed by atoms with Gasteiger partial charge in [0.25, 0.3) is 11.8 Å². The van der Waals surface area contributed by atoms with Crippen molar-refractivity contribution in [3.63, 3.8) is 0 Å². The lowest BCUT2D eigenvalue weighted by Gasteiger charge is -2.25. The molecule has 1 aliphatic carbocycles. The van der Waals surface area contributed by atoms with Crippen LogP contribution in [0.5, 0.6) is 5.75 Å². The van der Waals surface area contributed by atoms with Crippen LogP contribution in [0.1, 0.15) is 36.0 Å². The first kappa shape index (κ1) is 14.4. The molecule has 1 saturated carbocycles.